The Hall–Kier alpha value is -1.69. The Bertz CT molecular complexity index is 394. The smallest absolute Gasteiger partial charge is 0.336 e. The van der Waals surface area contributed by atoms with Crippen molar-refractivity contribution in [1.82, 2.24) is 0 Å². The Morgan fingerprint density at radius 1 is 1.20 bits per heavy atom. The van der Waals surface area contributed by atoms with Crippen molar-refractivity contribution in [2.75, 3.05) is 0 Å². The Morgan fingerprint density at radius 2 is 1.73 bits per heavy atom. The second-order valence-corrected chi connectivity index (χ2v) is 3.31. The van der Waals surface area contributed by atoms with Crippen LogP contribution in [0.3, 0.4) is 0 Å². The lowest BCUT2D eigenvalue weighted by atomic mass is 9.95. The zero-order valence-electron chi connectivity index (χ0n) is 7.27. The molecule has 7 heteroatoms. The van der Waals surface area contributed by atoms with Crippen LogP contribution in [0.4, 0.5) is 0 Å². The molecule has 1 aliphatic rings. The Morgan fingerprint density at radius 3 is 2.13 bits per heavy atom. The van der Waals surface area contributed by atoms with Crippen LogP contribution in [0.15, 0.2) is 22.7 Å². The first-order valence-electron chi connectivity index (χ1n) is 3.81. The van der Waals surface area contributed by atoms with E-state index >= 15 is 0 Å². The van der Waals surface area contributed by atoms with Gasteiger partial charge in [0.15, 0.2) is 0 Å². The number of alkyl halides is 1. The Labute approximate surface area is 88.7 Å². The van der Waals surface area contributed by atoms with E-state index in [9.17, 15) is 19.8 Å². The fourth-order valence-corrected chi connectivity index (χ4v) is 1.56. The number of aliphatic hydroxyl groups excluding tert-OH is 2. The van der Waals surface area contributed by atoms with Crippen LogP contribution in [0.5, 0.6) is 0 Å². The minimum Gasteiger partial charge on any atom is -0.511 e. The molecular weight excluding hydrogens is 228 g/mol. The summed E-state index contributed by atoms with van der Waals surface area (Å²) in [7, 11) is 0. The van der Waals surface area contributed by atoms with Crippen molar-refractivity contribution in [3.8, 4) is 0 Å². The fourth-order valence-electron chi connectivity index (χ4n) is 1.21. The van der Waals surface area contributed by atoms with Crippen LogP contribution in [0.2, 0.25) is 0 Å². The molecule has 0 saturated heterocycles. The monoisotopic (exact) mass is 234 g/mol. The van der Waals surface area contributed by atoms with Crippen LogP contribution in [0, 0.1) is 0 Å². The molecule has 1 unspecified atom stereocenters. The number of hydrogen-bond acceptors (Lipinski definition) is 4. The molecule has 0 saturated carbocycles. The largest absolute Gasteiger partial charge is 0.511 e. The summed E-state index contributed by atoms with van der Waals surface area (Å²) in [5, 5.41) is 34.3. The molecule has 0 amide bonds. The van der Waals surface area contributed by atoms with Gasteiger partial charge in [-0.25, -0.2) is 9.59 Å². The SMILES string of the molecule is O=C(O)C1=C(O)C(Cl)C(C(=O)O)=C(O)C1. The van der Waals surface area contributed by atoms with Gasteiger partial charge in [0.1, 0.15) is 22.5 Å². The molecule has 0 fully saturated rings. The quantitative estimate of drug-likeness (QED) is 0.525. The average molecular weight is 235 g/mol. The number of aliphatic carboxylic acids is 2. The predicted octanol–water partition coefficient (Wildman–Crippen LogP) is 0.791. The number of halogens is 1. The maximum absolute atomic E-state index is 10.6. The first-order valence-corrected chi connectivity index (χ1v) is 4.24. The zero-order valence-corrected chi connectivity index (χ0v) is 8.02. The first-order chi connectivity index (χ1) is 6.86. The lowest BCUT2D eigenvalue weighted by molar-refractivity contribution is -0.134. The minimum atomic E-state index is -1.54. The lowest BCUT2D eigenvalue weighted by Crippen LogP contribution is -2.25. The minimum absolute atomic E-state index is 0.502. The van der Waals surface area contributed by atoms with Gasteiger partial charge in [-0.1, -0.05) is 0 Å². The van der Waals surface area contributed by atoms with Crippen LogP contribution in [-0.4, -0.2) is 37.7 Å². The van der Waals surface area contributed by atoms with Gasteiger partial charge in [-0.3, -0.25) is 0 Å². The van der Waals surface area contributed by atoms with Crippen LogP contribution in [0.25, 0.3) is 0 Å². The number of rotatable bonds is 2. The average Bonchev–Trinajstić information content (AvgIpc) is 2.10. The van der Waals surface area contributed by atoms with E-state index in [2.05, 4.69) is 0 Å². The van der Waals surface area contributed by atoms with Crippen molar-refractivity contribution in [2.45, 2.75) is 11.8 Å². The molecule has 15 heavy (non-hydrogen) atoms. The molecule has 6 nitrogen and oxygen atoms in total. The van der Waals surface area contributed by atoms with E-state index < -0.39 is 46.4 Å². The number of aliphatic hydroxyl groups is 2. The van der Waals surface area contributed by atoms with Crippen molar-refractivity contribution < 1.29 is 30.0 Å². The molecule has 0 aromatic carbocycles. The summed E-state index contributed by atoms with van der Waals surface area (Å²) in [6, 6.07) is 0. The van der Waals surface area contributed by atoms with Gasteiger partial charge in [0, 0.05) is 6.42 Å². The van der Waals surface area contributed by atoms with Crippen molar-refractivity contribution in [3.63, 3.8) is 0 Å². The standard InChI is InChI=1S/C8H7ClO6/c9-5-4(8(14)15)3(10)1-2(6(5)11)7(12)13/h5,10-11H,1H2,(H,12,13)(H,14,15). The van der Waals surface area contributed by atoms with Crippen molar-refractivity contribution in [3.05, 3.63) is 22.7 Å². The summed E-state index contributed by atoms with van der Waals surface area (Å²) in [4.78, 5) is 21.2. The number of carboxylic acid groups (broad SMARTS) is 2. The van der Waals surface area contributed by atoms with E-state index in [4.69, 9.17) is 21.8 Å². The highest BCUT2D eigenvalue weighted by atomic mass is 35.5. The first kappa shape index (κ1) is 11.4. The van der Waals surface area contributed by atoms with E-state index in [0.717, 1.165) is 0 Å². The molecule has 1 aliphatic carbocycles. The summed E-state index contributed by atoms with van der Waals surface area (Å²) < 4.78 is 0. The van der Waals surface area contributed by atoms with Gasteiger partial charge in [-0.2, -0.15) is 0 Å². The summed E-state index contributed by atoms with van der Waals surface area (Å²) in [5.74, 6) is -4.35. The predicted molar refractivity (Wildman–Crippen MR) is 48.8 cm³/mol. The number of hydrogen-bond donors (Lipinski definition) is 4. The van der Waals surface area contributed by atoms with Gasteiger partial charge in [-0.15, -0.1) is 11.6 Å². The molecule has 0 spiro atoms. The van der Waals surface area contributed by atoms with Crippen LogP contribution in [-0.2, 0) is 9.59 Å². The molecule has 0 bridgehead atoms. The van der Waals surface area contributed by atoms with Gasteiger partial charge in [0.05, 0.1) is 5.57 Å². The van der Waals surface area contributed by atoms with E-state index in [1.165, 1.54) is 0 Å². The van der Waals surface area contributed by atoms with Gasteiger partial charge in [-0.05, 0) is 0 Å². The molecular formula is C8H7ClO6. The maximum atomic E-state index is 10.6. The molecule has 0 radical (unpaired) electrons. The third kappa shape index (κ3) is 1.89. The third-order valence-corrected chi connectivity index (χ3v) is 2.37. The number of carboxylic acids is 2. The highest BCUT2D eigenvalue weighted by Crippen LogP contribution is 2.31. The topological polar surface area (TPSA) is 115 Å². The third-order valence-electron chi connectivity index (χ3n) is 1.95. The van der Waals surface area contributed by atoms with Gasteiger partial charge in [0.25, 0.3) is 0 Å². The van der Waals surface area contributed by atoms with E-state index in [1.807, 2.05) is 0 Å². The normalized spacial score (nSPS) is 21.8. The molecule has 0 aromatic heterocycles. The van der Waals surface area contributed by atoms with Crippen molar-refractivity contribution in [2.24, 2.45) is 0 Å². The fraction of sp³-hybridized carbons (Fsp3) is 0.250. The lowest BCUT2D eigenvalue weighted by Gasteiger charge is -2.19. The highest BCUT2D eigenvalue weighted by Gasteiger charge is 2.35. The van der Waals surface area contributed by atoms with E-state index in [1.54, 1.807) is 0 Å². The van der Waals surface area contributed by atoms with Gasteiger partial charge < -0.3 is 20.4 Å². The van der Waals surface area contributed by atoms with Crippen molar-refractivity contribution in [1.29, 1.82) is 0 Å². The molecule has 4 N–H and O–H groups in total. The maximum Gasteiger partial charge on any atom is 0.336 e. The van der Waals surface area contributed by atoms with Gasteiger partial charge >= 0.3 is 11.9 Å². The Balaban J connectivity index is 3.19. The summed E-state index contributed by atoms with van der Waals surface area (Å²) >= 11 is 5.49. The van der Waals surface area contributed by atoms with Crippen molar-refractivity contribution >= 4 is 23.5 Å². The molecule has 0 heterocycles. The summed E-state index contributed by atoms with van der Waals surface area (Å²) in [5.41, 5.74) is -1.10. The zero-order chi connectivity index (χ0) is 11.7. The second kappa shape index (κ2) is 3.82. The van der Waals surface area contributed by atoms with E-state index in [-0.39, 0.29) is 0 Å². The molecule has 1 rings (SSSR count). The second-order valence-electron chi connectivity index (χ2n) is 2.87. The summed E-state index contributed by atoms with van der Waals surface area (Å²) in [6.07, 6.45) is -0.550. The Kier molecular flexibility index (Phi) is 2.90. The highest BCUT2D eigenvalue weighted by molar-refractivity contribution is 6.27. The molecule has 82 valence electrons. The van der Waals surface area contributed by atoms with Gasteiger partial charge in [0.2, 0.25) is 0 Å². The van der Waals surface area contributed by atoms with E-state index in [0.29, 0.717) is 0 Å². The number of allylic oxidation sites excluding steroid dienone is 2. The summed E-state index contributed by atoms with van der Waals surface area (Å²) in [6.45, 7) is 0. The molecule has 0 aromatic rings. The molecule has 1 atom stereocenters. The van der Waals surface area contributed by atoms with Crippen LogP contribution >= 0.6 is 11.6 Å². The number of carbonyl (C=O) groups is 2. The van der Waals surface area contributed by atoms with Crippen LogP contribution < -0.4 is 0 Å². The van der Waals surface area contributed by atoms with Crippen LogP contribution in [0.1, 0.15) is 6.42 Å². The molecule has 0 aliphatic heterocycles.